The van der Waals surface area contributed by atoms with Gasteiger partial charge in [-0.2, -0.15) is 10.2 Å². The highest BCUT2D eigenvalue weighted by atomic mass is 32.2. The summed E-state index contributed by atoms with van der Waals surface area (Å²) < 4.78 is 112. The lowest BCUT2D eigenvalue weighted by Crippen LogP contribution is -2.64. The van der Waals surface area contributed by atoms with Crippen LogP contribution in [0.1, 0.15) is 119 Å². The minimum absolute atomic E-state index is 0.147. The molecule has 5 saturated carbocycles. The Morgan fingerprint density at radius 1 is 0.442 bits per heavy atom. The van der Waals surface area contributed by atoms with Crippen LogP contribution in [0.2, 0.25) is 0 Å². The molecule has 44 nitrogen and oxygen atoms in total. The number of nitrogens with one attached hydrogen (secondary N) is 10. The third-order valence-corrected chi connectivity index (χ3v) is 32.4. The Kier molecular flexibility index (Phi) is 41.5. The summed E-state index contributed by atoms with van der Waals surface area (Å²) in [6.45, 7) is 9.81. The summed E-state index contributed by atoms with van der Waals surface area (Å²) in [6, 6.07) is 24.8. The first-order valence-electron chi connectivity index (χ1n) is 51.2. The van der Waals surface area contributed by atoms with Crippen molar-refractivity contribution < 1.29 is 133 Å². The van der Waals surface area contributed by atoms with Gasteiger partial charge in [0.1, 0.15) is 73.2 Å². The van der Waals surface area contributed by atoms with E-state index in [1.165, 1.54) is 93.7 Å². The number of fused-ring (bicyclic) bond motifs is 12. The number of aromatic nitrogens is 4. The SMILES string of the molecule is CNCc1ccc(C2=C3C(C=NN2)C2CC(CNC)C3C2)cc1.CNCc1ccc(C2=C3C(C=NN2)C2CC(CNC)C3C2)cc1.CO[C@@H]1C(CC(=O)NCC2CC3C=CC2C3)O[C@@H](O[C@@H]2C(CC(=O)NCC[N+](C)(C)CCCS(=O)(=O)[O-])O[C@@H](C)C(O)[C@H]2O)C(O)[C@H]1O.CO[C@@H]1C(CC(=O)NCc2ccc(-c3nncnn3)cc2)O[C@@H](O[C@@H]2C(CC(=O)NCC[N+](C)(C)CCCS(=O)(=O)[O-])O[C@@H](C)C(O)[C@H]2O)C(O)[C@H]1O. The van der Waals surface area contributed by atoms with Crippen molar-refractivity contribution in [3.8, 4) is 11.4 Å². The van der Waals surface area contributed by atoms with E-state index in [0.29, 0.717) is 94.5 Å². The summed E-state index contributed by atoms with van der Waals surface area (Å²) in [5.74, 6) is 4.69. The predicted molar refractivity (Wildman–Crippen MR) is 538 cm³/mol. The zero-order valence-corrected chi connectivity index (χ0v) is 87.6. The number of quaternary nitrogens is 2. The maximum absolute atomic E-state index is 13.0. The molecule has 31 atom stereocenters. The number of benzene rings is 3. The molecule has 4 saturated heterocycles. The smallest absolute Gasteiger partial charge is 0.222 e. The topological polar surface area (TPSA) is 615 Å². The molecule has 16 rings (SSSR count). The summed E-state index contributed by atoms with van der Waals surface area (Å²) in [5.41, 5.74) is 19.0. The molecule has 0 spiro atoms. The summed E-state index contributed by atoms with van der Waals surface area (Å²) in [4.78, 5) is 51.9. The van der Waals surface area contributed by atoms with Gasteiger partial charge >= 0.3 is 0 Å². The van der Waals surface area contributed by atoms with Gasteiger partial charge < -0.3 is 139 Å². The molecular weight excluding hydrogens is 1950 g/mol. The second-order valence-corrected chi connectivity index (χ2v) is 45.4. The van der Waals surface area contributed by atoms with E-state index in [1.54, 1.807) is 35.4 Å². The van der Waals surface area contributed by atoms with Gasteiger partial charge in [0.15, 0.2) is 18.9 Å². The average molecular weight is 2100 g/mol. The number of aliphatic hydroxyl groups is 8. The molecule has 9 fully saturated rings. The fourth-order valence-corrected chi connectivity index (χ4v) is 24.1. The van der Waals surface area contributed by atoms with Crippen LogP contribution >= 0.6 is 0 Å². The zero-order chi connectivity index (χ0) is 106. The van der Waals surface area contributed by atoms with Gasteiger partial charge in [-0.15, -0.1) is 20.4 Å². The Bertz CT molecular complexity index is 5240. The van der Waals surface area contributed by atoms with Crippen molar-refractivity contribution in [2.75, 3.05) is 141 Å². The summed E-state index contributed by atoms with van der Waals surface area (Å²) in [5, 5.41) is 135. The van der Waals surface area contributed by atoms with Crippen molar-refractivity contribution >= 4 is 67.7 Å². The number of amides is 4. The van der Waals surface area contributed by atoms with Crippen molar-refractivity contribution in [1.82, 2.24) is 73.8 Å². The standard InChI is InChI=1S/C32H49N7O13S.C31H53N3O13S.2C19H26N4/c1-18-25(42)26(43)30(22(50-18)15-23(40)33-10-12-39(2,3)11-5-13-53(46,47)48)52-32-28(45)27(44)29(49-4)21(51-32)14-24(41)34-16-19-6-8-20(9-7-19)31-37-35-17-36-38-31;1-17-25(37)26(38)30(22(45-17)15-23(35)32-8-10-34(2,3)9-5-11-48(41,42)43)47-31-28(40)27(39)29(44-4)21(46-31)14-24(36)33-16-20-13-18-6-7-19(20)12-18;2*1-20-9-12-3-5-13(6-4-12)19-18-16-8-14(7-15(16)10-21-2)17(18)11-22-23-19/h6-9,17-18,21-22,25-30,32,42-45H,5,10-16H2,1-4H3,(H2-,33,34,40,41,46,47,48);6-7,17-22,25-31,37-40H,5,8-16H2,1-4H3,(H2-,32,33,35,36,41,42,43);2*3-6,11,14-17,20-21,23H,7-10H2,1-2H3/t18-,21?,22?,25?,26+,27+,28?,29+,30+,32-;17-,18?,19?,20?,21?,22?,25?,26+,27+,28?,29+,30+,31-;;/m00../s1. The van der Waals surface area contributed by atoms with Crippen LogP contribution in [0, 0.1) is 65.1 Å². The number of ether oxygens (including phenoxy) is 8. The third-order valence-electron chi connectivity index (χ3n) is 30.9. The Morgan fingerprint density at radius 3 is 1.21 bits per heavy atom. The lowest BCUT2D eigenvalue weighted by atomic mass is 9.76. The Morgan fingerprint density at radius 2 is 0.830 bits per heavy atom. The monoisotopic (exact) mass is 2100 g/mol. The molecule has 6 aliphatic carbocycles. The van der Waals surface area contributed by atoms with E-state index in [-0.39, 0.29) is 64.1 Å². The van der Waals surface area contributed by atoms with Gasteiger partial charge in [0.05, 0.1) is 161 Å². The first-order valence-corrected chi connectivity index (χ1v) is 54.4. The van der Waals surface area contributed by atoms with Crippen molar-refractivity contribution in [1.29, 1.82) is 0 Å². The number of hydrogen-bond donors (Lipinski definition) is 18. The number of carbonyl (C=O) groups is 4. The van der Waals surface area contributed by atoms with Gasteiger partial charge in [-0.1, -0.05) is 84.9 Å². The van der Waals surface area contributed by atoms with Crippen LogP contribution in [-0.4, -0.2) is 396 Å². The number of likely N-dealkylation sites (N-methyl/N-ethyl adjacent to an activating group) is 2. The van der Waals surface area contributed by atoms with Gasteiger partial charge in [-0.25, -0.2) is 16.8 Å². The Labute approximate surface area is 860 Å². The quantitative estimate of drug-likeness (QED) is 0.0140. The van der Waals surface area contributed by atoms with Crippen molar-refractivity contribution in [2.45, 2.75) is 233 Å². The molecule has 46 heteroatoms. The second kappa shape index (κ2) is 52.7. The van der Waals surface area contributed by atoms with E-state index < -0.39 is 172 Å². The molecule has 0 radical (unpaired) electrons. The molecule has 1 aromatic heterocycles. The van der Waals surface area contributed by atoms with E-state index in [1.807, 2.05) is 42.3 Å². The summed E-state index contributed by atoms with van der Waals surface area (Å²) >= 11 is 0. The van der Waals surface area contributed by atoms with Crippen molar-refractivity contribution in [3.05, 3.63) is 130 Å². The highest BCUT2D eigenvalue weighted by Gasteiger charge is 2.56. The molecule has 18 N–H and O–H groups in total. The Hall–Kier alpha value is -8.42. The van der Waals surface area contributed by atoms with Crippen LogP contribution in [0.15, 0.2) is 113 Å². The minimum Gasteiger partial charge on any atom is -0.748 e. The summed E-state index contributed by atoms with van der Waals surface area (Å²) in [7, 11) is 9.38. The van der Waals surface area contributed by atoms with Crippen LogP contribution in [0.5, 0.6) is 0 Å². The van der Waals surface area contributed by atoms with Crippen LogP contribution in [0.25, 0.3) is 22.8 Å². The molecule has 3 aromatic carbocycles. The maximum Gasteiger partial charge on any atom is 0.222 e. The maximum atomic E-state index is 13.0. The van der Waals surface area contributed by atoms with Crippen LogP contribution in [0.3, 0.4) is 0 Å². The molecule has 4 aromatic rings. The number of methoxy groups -OCH3 is 2. The minimum atomic E-state index is -4.33. The third kappa shape index (κ3) is 30.8. The number of aliphatic hydroxyl groups excluding tert-OH is 8. The average Bonchev–Trinajstić information content (AvgIpc) is 1.58. The van der Waals surface area contributed by atoms with E-state index in [0.717, 1.165) is 68.3 Å². The number of hydrogen-bond acceptors (Lipinski definition) is 38. The first kappa shape index (κ1) is 116. The summed E-state index contributed by atoms with van der Waals surface area (Å²) in [6.07, 6.45) is -10.1. The van der Waals surface area contributed by atoms with Gasteiger partial charge in [-0.05, 0) is 186 Å². The predicted octanol–water partition coefficient (Wildman–Crippen LogP) is -1.21. The number of nitrogens with zero attached hydrogens (tertiary/aromatic N) is 8. The Balaban J connectivity index is 0.000000174. The van der Waals surface area contributed by atoms with Crippen molar-refractivity contribution in [2.24, 2.45) is 75.3 Å². The van der Waals surface area contributed by atoms with Gasteiger partial charge in [0.25, 0.3) is 0 Å². The number of rotatable bonds is 43. The van der Waals surface area contributed by atoms with Crippen LogP contribution in [0.4, 0.5) is 0 Å². The van der Waals surface area contributed by atoms with Gasteiger partial charge in [-0.3, -0.25) is 30.0 Å². The fraction of sp³-hybridized carbons (Fsp3) is 0.683. The lowest BCUT2D eigenvalue weighted by molar-refractivity contribution is -0.889. The highest BCUT2D eigenvalue weighted by molar-refractivity contribution is 7.85. The molecule has 147 heavy (non-hydrogen) atoms. The number of allylic oxidation sites excluding steroid dienone is 4. The molecule has 816 valence electrons. The van der Waals surface area contributed by atoms with Gasteiger partial charge in [0, 0.05) is 94.6 Å². The van der Waals surface area contributed by atoms with E-state index in [4.69, 9.17) is 37.9 Å². The second-order valence-electron chi connectivity index (χ2n) is 42.3. The van der Waals surface area contributed by atoms with Crippen molar-refractivity contribution in [3.63, 3.8) is 0 Å². The van der Waals surface area contributed by atoms with E-state index in [2.05, 4.69) is 171 Å². The molecule has 7 heterocycles. The molecule has 6 aliphatic heterocycles. The molecule has 12 aliphatic rings. The van der Waals surface area contributed by atoms with E-state index >= 15 is 0 Å². The zero-order valence-electron chi connectivity index (χ0n) is 85.9. The molecule has 19 unspecified atom stereocenters. The lowest BCUT2D eigenvalue weighted by Gasteiger charge is -2.46. The fourth-order valence-electron chi connectivity index (χ4n) is 23.1. The molecular formula is C101H154N18O26S2. The molecule has 6 bridgehead atoms. The number of hydrazone groups is 2. The highest BCUT2D eigenvalue weighted by Crippen LogP contribution is 2.58. The largest absolute Gasteiger partial charge is 0.748 e. The van der Waals surface area contributed by atoms with Crippen LogP contribution in [-0.2, 0) is 96.9 Å². The van der Waals surface area contributed by atoms with E-state index in [9.17, 15) is 86.0 Å². The van der Waals surface area contributed by atoms with Crippen LogP contribution < -0.4 is 53.4 Å². The first-order chi connectivity index (χ1) is 70.1. The molecule has 4 amide bonds. The van der Waals surface area contributed by atoms with Gasteiger partial charge in [0.2, 0.25) is 29.5 Å². The normalized spacial score (nSPS) is 32.9. The number of carbonyl (C=O) groups excluding carboxylic acids is 4.